The maximum absolute atomic E-state index is 14.6. The van der Waals surface area contributed by atoms with Crippen molar-refractivity contribution < 1.29 is 14.2 Å². The van der Waals surface area contributed by atoms with E-state index in [9.17, 15) is 9.50 Å². The van der Waals surface area contributed by atoms with E-state index in [0.717, 1.165) is 0 Å². The zero-order chi connectivity index (χ0) is 16.3. The van der Waals surface area contributed by atoms with Crippen LogP contribution in [0.25, 0.3) is 0 Å². The minimum Gasteiger partial charge on any atom is -0.453 e. The Morgan fingerprint density at radius 3 is 2.68 bits per heavy atom. The molecule has 2 atom stereocenters. The van der Waals surface area contributed by atoms with Gasteiger partial charge >= 0.3 is 0 Å². The highest BCUT2D eigenvalue weighted by Crippen LogP contribution is 2.36. The molecule has 3 N–H and O–H groups in total. The van der Waals surface area contributed by atoms with Crippen LogP contribution in [-0.4, -0.2) is 5.11 Å². The van der Waals surface area contributed by atoms with E-state index in [0.29, 0.717) is 23.3 Å². The number of aliphatic hydroxyl groups is 1. The summed E-state index contributed by atoms with van der Waals surface area (Å²) in [6.07, 6.45) is -0.0288. The molecule has 5 heteroatoms. The van der Waals surface area contributed by atoms with Gasteiger partial charge in [-0.3, -0.25) is 0 Å². The Morgan fingerprint density at radius 2 is 2.05 bits per heavy atom. The van der Waals surface area contributed by atoms with Crippen molar-refractivity contribution in [3.63, 3.8) is 0 Å². The van der Waals surface area contributed by atoms with Crippen LogP contribution in [0.5, 0.6) is 11.5 Å². The number of hydrogen-bond acceptors (Lipinski definition) is 3. The van der Waals surface area contributed by atoms with E-state index in [2.05, 4.69) is 0 Å². The fourth-order valence-electron chi connectivity index (χ4n) is 2.10. The van der Waals surface area contributed by atoms with Gasteiger partial charge in [0.1, 0.15) is 5.75 Å². The molecule has 0 bridgehead atoms. The fraction of sp³-hybridized carbons (Fsp3) is 0.294. The van der Waals surface area contributed by atoms with Crippen LogP contribution in [0.15, 0.2) is 36.4 Å². The van der Waals surface area contributed by atoms with Crippen LogP contribution in [0.2, 0.25) is 5.02 Å². The van der Waals surface area contributed by atoms with E-state index in [-0.39, 0.29) is 10.8 Å². The van der Waals surface area contributed by atoms with Gasteiger partial charge in [-0.25, -0.2) is 4.39 Å². The predicted molar refractivity (Wildman–Crippen MR) is 85.8 cm³/mol. The van der Waals surface area contributed by atoms with Crippen molar-refractivity contribution in [2.75, 3.05) is 0 Å². The molecule has 2 rings (SSSR count). The SMILES string of the molecule is CCC(N)c1ccc(Cl)c(Oc2cccc(C(C)O)c2)c1F. The Kier molecular flexibility index (Phi) is 5.40. The summed E-state index contributed by atoms with van der Waals surface area (Å²) in [6.45, 7) is 3.53. The van der Waals surface area contributed by atoms with Gasteiger partial charge in [0.15, 0.2) is 11.6 Å². The molecule has 0 heterocycles. The van der Waals surface area contributed by atoms with Crippen molar-refractivity contribution in [2.45, 2.75) is 32.4 Å². The standard InChI is InChI=1S/C17H19ClFNO2/c1-3-15(20)13-7-8-14(18)17(16(13)19)22-12-6-4-5-11(9-12)10(2)21/h4-10,15,21H,3,20H2,1-2H3. The van der Waals surface area contributed by atoms with Crippen molar-refractivity contribution in [2.24, 2.45) is 5.73 Å². The number of benzene rings is 2. The number of aliphatic hydroxyl groups excluding tert-OH is 1. The molecule has 2 unspecified atom stereocenters. The van der Waals surface area contributed by atoms with Crippen LogP contribution in [0.4, 0.5) is 4.39 Å². The second-order valence-electron chi connectivity index (χ2n) is 5.14. The predicted octanol–water partition coefficient (Wildman–Crippen LogP) is 4.73. The lowest BCUT2D eigenvalue weighted by Crippen LogP contribution is -2.11. The van der Waals surface area contributed by atoms with Gasteiger partial charge < -0.3 is 15.6 Å². The maximum Gasteiger partial charge on any atom is 0.181 e. The van der Waals surface area contributed by atoms with E-state index in [1.165, 1.54) is 0 Å². The monoisotopic (exact) mass is 323 g/mol. The Hall–Kier alpha value is -1.62. The lowest BCUT2D eigenvalue weighted by molar-refractivity contribution is 0.199. The number of halogens is 2. The Balaban J connectivity index is 2.39. The number of nitrogens with two attached hydrogens (primary N) is 1. The highest BCUT2D eigenvalue weighted by atomic mass is 35.5. The number of hydrogen-bond donors (Lipinski definition) is 2. The molecular formula is C17H19ClFNO2. The van der Waals surface area contributed by atoms with Crippen molar-refractivity contribution in [1.82, 2.24) is 0 Å². The van der Waals surface area contributed by atoms with Gasteiger partial charge in [-0.05, 0) is 37.1 Å². The third-order valence-electron chi connectivity index (χ3n) is 3.48. The lowest BCUT2D eigenvalue weighted by atomic mass is 10.0. The van der Waals surface area contributed by atoms with Crippen LogP contribution >= 0.6 is 11.6 Å². The third kappa shape index (κ3) is 3.58. The van der Waals surface area contributed by atoms with Gasteiger partial charge in [0.25, 0.3) is 0 Å². The van der Waals surface area contributed by atoms with Crippen LogP contribution in [0.3, 0.4) is 0 Å². The summed E-state index contributed by atoms with van der Waals surface area (Å²) in [6, 6.07) is 9.54. The summed E-state index contributed by atoms with van der Waals surface area (Å²) in [7, 11) is 0. The summed E-state index contributed by atoms with van der Waals surface area (Å²) in [4.78, 5) is 0. The second kappa shape index (κ2) is 7.09. The Morgan fingerprint density at radius 1 is 1.32 bits per heavy atom. The summed E-state index contributed by atoms with van der Waals surface area (Å²) in [5.74, 6) is -0.198. The summed E-state index contributed by atoms with van der Waals surface area (Å²) < 4.78 is 20.2. The number of rotatable bonds is 5. The molecule has 0 saturated carbocycles. The van der Waals surface area contributed by atoms with Crippen molar-refractivity contribution in [3.05, 3.63) is 58.4 Å². The summed E-state index contributed by atoms with van der Waals surface area (Å²) in [5.41, 5.74) is 6.94. The van der Waals surface area contributed by atoms with Gasteiger partial charge in [0.2, 0.25) is 0 Å². The first-order chi connectivity index (χ1) is 10.4. The first-order valence-corrected chi connectivity index (χ1v) is 7.51. The number of ether oxygens (including phenoxy) is 1. The van der Waals surface area contributed by atoms with Gasteiger partial charge in [-0.15, -0.1) is 0 Å². The minimum absolute atomic E-state index is 0.0502. The zero-order valence-corrected chi connectivity index (χ0v) is 13.3. The summed E-state index contributed by atoms with van der Waals surface area (Å²) in [5, 5.41) is 9.77. The molecule has 0 aliphatic rings. The topological polar surface area (TPSA) is 55.5 Å². The van der Waals surface area contributed by atoms with E-state index in [1.54, 1.807) is 43.3 Å². The summed E-state index contributed by atoms with van der Waals surface area (Å²) >= 11 is 6.05. The first-order valence-electron chi connectivity index (χ1n) is 7.13. The minimum atomic E-state index is -0.635. The van der Waals surface area contributed by atoms with Gasteiger partial charge in [-0.1, -0.05) is 36.7 Å². The maximum atomic E-state index is 14.6. The Labute approximate surface area is 134 Å². The van der Waals surface area contributed by atoms with E-state index < -0.39 is 18.0 Å². The molecule has 0 amide bonds. The van der Waals surface area contributed by atoms with Crippen LogP contribution in [0, 0.1) is 5.82 Å². The first kappa shape index (κ1) is 16.7. The second-order valence-corrected chi connectivity index (χ2v) is 5.55. The van der Waals surface area contributed by atoms with Gasteiger partial charge in [-0.2, -0.15) is 0 Å². The lowest BCUT2D eigenvalue weighted by Gasteiger charge is -2.16. The molecule has 0 spiro atoms. The molecular weight excluding hydrogens is 305 g/mol. The molecule has 0 saturated heterocycles. The van der Waals surface area contributed by atoms with Gasteiger partial charge in [0, 0.05) is 11.6 Å². The normalized spacial score (nSPS) is 13.7. The van der Waals surface area contributed by atoms with Crippen molar-refractivity contribution in [1.29, 1.82) is 0 Å². The van der Waals surface area contributed by atoms with E-state index >= 15 is 0 Å². The highest BCUT2D eigenvalue weighted by Gasteiger charge is 2.18. The molecule has 0 radical (unpaired) electrons. The largest absolute Gasteiger partial charge is 0.453 e. The molecule has 2 aromatic rings. The molecule has 0 fully saturated rings. The average Bonchev–Trinajstić information content (AvgIpc) is 2.51. The average molecular weight is 324 g/mol. The van der Waals surface area contributed by atoms with Crippen LogP contribution < -0.4 is 10.5 Å². The van der Waals surface area contributed by atoms with Gasteiger partial charge in [0.05, 0.1) is 11.1 Å². The molecule has 2 aromatic carbocycles. The van der Waals surface area contributed by atoms with Crippen molar-refractivity contribution in [3.8, 4) is 11.5 Å². The van der Waals surface area contributed by atoms with Crippen LogP contribution in [-0.2, 0) is 0 Å². The van der Waals surface area contributed by atoms with E-state index in [4.69, 9.17) is 22.1 Å². The van der Waals surface area contributed by atoms with Crippen molar-refractivity contribution >= 4 is 11.6 Å². The third-order valence-corrected chi connectivity index (χ3v) is 3.78. The smallest absolute Gasteiger partial charge is 0.181 e. The molecule has 0 aliphatic carbocycles. The molecule has 0 aliphatic heterocycles. The molecule has 22 heavy (non-hydrogen) atoms. The molecule has 0 aromatic heterocycles. The Bertz CT molecular complexity index is 661. The quantitative estimate of drug-likeness (QED) is 0.836. The highest BCUT2D eigenvalue weighted by molar-refractivity contribution is 6.32. The van der Waals surface area contributed by atoms with E-state index in [1.807, 2.05) is 6.92 Å². The fourth-order valence-corrected chi connectivity index (χ4v) is 2.29. The molecule has 3 nitrogen and oxygen atoms in total. The zero-order valence-electron chi connectivity index (χ0n) is 12.5. The molecule has 118 valence electrons. The van der Waals surface area contributed by atoms with Crippen LogP contribution in [0.1, 0.15) is 43.5 Å².